The van der Waals surface area contributed by atoms with Gasteiger partial charge in [-0.2, -0.15) is 0 Å². The smallest absolute Gasteiger partial charge is 0.126 e. The third-order valence-corrected chi connectivity index (χ3v) is 5.51. The zero-order chi connectivity index (χ0) is 19.0. The molecule has 0 unspecified atom stereocenters. The molecule has 0 fully saturated rings. The second kappa shape index (κ2) is 6.90. The van der Waals surface area contributed by atoms with Crippen LogP contribution in [0.1, 0.15) is 30.5 Å². The summed E-state index contributed by atoms with van der Waals surface area (Å²) in [5, 5.41) is 4.10. The van der Waals surface area contributed by atoms with Gasteiger partial charge in [-0.25, -0.2) is 4.98 Å². The molecule has 0 atom stereocenters. The van der Waals surface area contributed by atoms with Gasteiger partial charge in [-0.1, -0.05) is 43.6 Å². The van der Waals surface area contributed by atoms with Crippen molar-refractivity contribution in [2.24, 2.45) is 0 Å². The van der Waals surface area contributed by atoms with E-state index in [0.717, 1.165) is 34.3 Å². The lowest BCUT2D eigenvalue weighted by atomic mass is 9.84. The van der Waals surface area contributed by atoms with Crippen LogP contribution in [0.3, 0.4) is 0 Å². The third kappa shape index (κ3) is 3.52. The zero-order valence-corrected chi connectivity index (χ0v) is 16.6. The maximum Gasteiger partial charge on any atom is 0.126 e. The fourth-order valence-electron chi connectivity index (χ4n) is 3.46. The number of nitrogens with one attached hydrogen (secondary N) is 1. The number of aryl methyl sites for hydroxylation is 1. The maximum atomic E-state index is 6.21. The topological polar surface area (TPSA) is 34.2 Å². The molecular formula is C23H23ClN2O. The minimum Gasteiger partial charge on any atom is -0.492 e. The number of ether oxygens (including phenoxy) is 1. The van der Waals surface area contributed by atoms with Crippen molar-refractivity contribution < 1.29 is 4.74 Å². The number of fused-ring (bicyclic) bond motifs is 1. The molecule has 0 aliphatic carbocycles. The lowest BCUT2D eigenvalue weighted by molar-refractivity contribution is 0.291. The number of rotatable bonds is 4. The first-order valence-corrected chi connectivity index (χ1v) is 9.53. The van der Waals surface area contributed by atoms with Crippen LogP contribution in [0, 0.1) is 6.92 Å². The Morgan fingerprint density at radius 2 is 1.96 bits per heavy atom. The van der Waals surface area contributed by atoms with E-state index in [2.05, 4.69) is 49.3 Å². The molecule has 4 heteroatoms. The van der Waals surface area contributed by atoms with Gasteiger partial charge in [0, 0.05) is 34.3 Å². The average molecular weight is 379 g/mol. The summed E-state index contributed by atoms with van der Waals surface area (Å²) in [6.45, 7) is 7.94. The number of nitrogens with zero attached hydrogens (tertiary/aromatic N) is 1. The molecule has 0 bridgehead atoms. The summed E-state index contributed by atoms with van der Waals surface area (Å²) in [5.74, 6) is 1.84. The van der Waals surface area contributed by atoms with Crippen molar-refractivity contribution in [3.63, 3.8) is 0 Å². The van der Waals surface area contributed by atoms with Crippen LogP contribution >= 0.6 is 11.6 Å². The van der Waals surface area contributed by atoms with Gasteiger partial charge in [0.2, 0.25) is 0 Å². The molecule has 0 amide bonds. The summed E-state index contributed by atoms with van der Waals surface area (Å²) in [6.07, 6.45) is 1.92. The van der Waals surface area contributed by atoms with Crippen LogP contribution in [0.15, 0.2) is 54.7 Å². The quantitative estimate of drug-likeness (QED) is 0.605. The molecule has 0 spiro atoms. The van der Waals surface area contributed by atoms with E-state index >= 15 is 0 Å². The molecule has 0 saturated carbocycles. The Balaban J connectivity index is 1.55. The summed E-state index contributed by atoms with van der Waals surface area (Å²) < 4.78 is 5.85. The summed E-state index contributed by atoms with van der Waals surface area (Å²) >= 11 is 6.21. The van der Waals surface area contributed by atoms with Crippen molar-refractivity contribution in [3.05, 3.63) is 76.4 Å². The van der Waals surface area contributed by atoms with Crippen LogP contribution in [0.4, 0.5) is 5.82 Å². The summed E-state index contributed by atoms with van der Waals surface area (Å²) in [6, 6.07) is 16.4. The van der Waals surface area contributed by atoms with Crippen LogP contribution in [0.25, 0.3) is 11.1 Å². The van der Waals surface area contributed by atoms with Crippen molar-refractivity contribution in [2.75, 3.05) is 11.9 Å². The average Bonchev–Trinajstić information content (AvgIpc) is 2.95. The number of aromatic nitrogens is 1. The molecule has 138 valence electrons. The van der Waals surface area contributed by atoms with Crippen molar-refractivity contribution in [1.29, 1.82) is 0 Å². The van der Waals surface area contributed by atoms with Crippen molar-refractivity contribution in [2.45, 2.75) is 32.7 Å². The molecule has 1 aliphatic heterocycles. The lowest BCUT2D eigenvalue weighted by Crippen LogP contribution is -2.18. The molecule has 1 aliphatic rings. The minimum absolute atomic E-state index is 0.0433. The van der Waals surface area contributed by atoms with Gasteiger partial charge in [-0.05, 0) is 53.9 Å². The fraction of sp³-hybridized carbons (Fsp3) is 0.261. The van der Waals surface area contributed by atoms with Crippen LogP contribution in [0.2, 0.25) is 5.02 Å². The number of benzene rings is 2. The summed E-state index contributed by atoms with van der Waals surface area (Å²) in [4.78, 5) is 4.59. The first-order valence-electron chi connectivity index (χ1n) is 9.16. The zero-order valence-electron chi connectivity index (χ0n) is 15.8. The van der Waals surface area contributed by atoms with Gasteiger partial charge in [0.25, 0.3) is 0 Å². The molecule has 0 radical (unpaired) electrons. The number of anilines is 1. The van der Waals surface area contributed by atoms with Gasteiger partial charge in [-0.15, -0.1) is 0 Å². The van der Waals surface area contributed by atoms with E-state index in [0.29, 0.717) is 6.54 Å². The fourth-order valence-corrected chi connectivity index (χ4v) is 3.66. The molecule has 3 nitrogen and oxygen atoms in total. The first kappa shape index (κ1) is 17.9. The van der Waals surface area contributed by atoms with E-state index in [9.17, 15) is 0 Å². The standard InChI is InChI=1S/C23H23ClN2O/c1-15-10-21-19(23(2,3)14-27-21)11-18(15)16-8-9-22(25-12-16)26-13-17-6-4-5-7-20(17)24/h4-12H,13-14H2,1-3H3,(H,25,26). The Bertz CT molecular complexity index is 980. The molecule has 2 heterocycles. The second-order valence-electron chi connectivity index (χ2n) is 7.71. The maximum absolute atomic E-state index is 6.21. The van der Waals surface area contributed by atoms with Gasteiger partial charge in [0.1, 0.15) is 11.6 Å². The largest absolute Gasteiger partial charge is 0.492 e. The SMILES string of the molecule is Cc1cc2c(cc1-c1ccc(NCc3ccccc3Cl)nc1)C(C)(C)CO2. The van der Waals surface area contributed by atoms with E-state index in [1.54, 1.807) is 0 Å². The van der Waals surface area contributed by atoms with Gasteiger partial charge in [0.05, 0.1) is 6.61 Å². The Labute approximate surface area is 165 Å². The Morgan fingerprint density at radius 3 is 2.70 bits per heavy atom. The molecule has 1 N–H and O–H groups in total. The Morgan fingerprint density at radius 1 is 1.15 bits per heavy atom. The molecule has 2 aromatic carbocycles. The molecule has 0 saturated heterocycles. The molecule has 3 aromatic rings. The Hall–Kier alpha value is -2.52. The minimum atomic E-state index is 0.0433. The molecule has 1 aromatic heterocycles. The Kier molecular flexibility index (Phi) is 4.56. The van der Waals surface area contributed by atoms with Gasteiger partial charge >= 0.3 is 0 Å². The highest BCUT2D eigenvalue weighted by atomic mass is 35.5. The monoisotopic (exact) mass is 378 g/mol. The van der Waals surface area contributed by atoms with Crippen molar-refractivity contribution in [1.82, 2.24) is 4.98 Å². The van der Waals surface area contributed by atoms with Crippen molar-refractivity contribution >= 4 is 17.4 Å². The van der Waals surface area contributed by atoms with Crippen LogP contribution in [-0.2, 0) is 12.0 Å². The van der Waals surface area contributed by atoms with Crippen molar-refractivity contribution in [3.8, 4) is 16.9 Å². The summed E-state index contributed by atoms with van der Waals surface area (Å²) in [7, 11) is 0. The number of hydrogen-bond donors (Lipinski definition) is 1. The molecule has 4 rings (SSSR count). The van der Waals surface area contributed by atoms with E-state index in [4.69, 9.17) is 16.3 Å². The van der Waals surface area contributed by atoms with Crippen LogP contribution < -0.4 is 10.1 Å². The summed E-state index contributed by atoms with van der Waals surface area (Å²) in [5.41, 5.74) is 5.89. The second-order valence-corrected chi connectivity index (χ2v) is 8.12. The van der Waals surface area contributed by atoms with Gasteiger partial charge in [-0.3, -0.25) is 0 Å². The molecular weight excluding hydrogens is 356 g/mol. The van der Waals surface area contributed by atoms with E-state index in [1.165, 1.54) is 16.7 Å². The van der Waals surface area contributed by atoms with E-state index < -0.39 is 0 Å². The molecule has 27 heavy (non-hydrogen) atoms. The number of halogens is 1. The highest BCUT2D eigenvalue weighted by molar-refractivity contribution is 6.31. The van der Waals surface area contributed by atoms with E-state index in [1.807, 2.05) is 36.5 Å². The lowest BCUT2D eigenvalue weighted by Gasteiger charge is -2.17. The van der Waals surface area contributed by atoms with Gasteiger partial charge in [0.15, 0.2) is 0 Å². The van der Waals surface area contributed by atoms with E-state index in [-0.39, 0.29) is 5.41 Å². The highest BCUT2D eigenvalue weighted by Crippen LogP contribution is 2.42. The number of pyridine rings is 1. The van der Waals surface area contributed by atoms with Gasteiger partial charge < -0.3 is 10.1 Å². The van der Waals surface area contributed by atoms with Crippen LogP contribution in [0.5, 0.6) is 5.75 Å². The predicted molar refractivity (Wildman–Crippen MR) is 112 cm³/mol. The number of hydrogen-bond acceptors (Lipinski definition) is 3. The normalized spacial score (nSPS) is 14.5. The predicted octanol–water partition coefficient (Wildman–Crippen LogP) is 5.99. The third-order valence-electron chi connectivity index (χ3n) is 5.14. The first-order chi connectivity index (χ1) is 12.9. The highest BCUT2D eigenvalue weighted by Gasteiger charge is 2.32. The van der Waals surface area contributed by atoms with Crippen LogP contribution in [-0.4, -0.2) is 11.6 Å².